The highest BCUT2D eigenvalue weighted by atomic mass is 79.9. The third kappa shape index (κ3) is 2.45. The van der Waals surface area contributed by atoms with Crippen LogP contribution in [0.5, 0.6) is 0 Å². The number of amides is 1. The van der Waals surface area contributed by atoms with Crippen molar-refractivity contribution in [2.75, 3.05) is 0 Å². The zero-order valence-electron chi connectivity index (χ0n) is 10.3. The van der Waals surface area contributed by atoms with Gasteiger partial charge in [-0.1, -0.05) is 22.0 Å². The van der Waals surface area contributed by atoms with E-state index in [9.17, 15) is 23.1 Å². The molecule has 1 atom stereocenters. The third-order valence-electron chi connectivity index (χ3n) is 2.84. The summed E-state index contributed by atoms with van der Waals surface area (Å²) in [7, 11) is 0. The van der Waals surface area contributed by atoms with E-state index in [1.54, 1.807) is 6.07 Å². The van der Waals surface area contributed by atoms with E-state index in [-0.39, 0.29) is 16.3 Å². The summed E-state index contributed by atoms with van der Waals surface area (Å²) in [5.74, 6) is -1.01. The van der Waals surface area contributed by atoms with Gasteiger partial charge in [-0.2, -0.15) is 23.3 Å². The topological polar surface area (TPSA) is 52.9 Å². The van der Waals surface area contributed by atoms with Crippen molar-refractivity contribution >= 4 is 27.5 Å². The smallest absolute Gasteiger partial charge is 0.362 e. The first-order valence-corrected chi connectivity index (χ1v) is 6.38. The monoisotopic (exact) mass is 350 g/mol. The van der Waals surface area contributed by atoms with Gasteiger partial charge in [-0.15, -0.1) is 0 Å². The van der Waals surface area contributed by atoms with Crippen LogP contribution < -0.4 is 0 Å². The van der Waals surface area contributed by atoms with Gasteiger partial charge >= 0.3 is 6.18 Å². The molecule has 0 saturated heterocycles. The fourth-order valence-electron chi connectivity index (χ4n) is 1.90. The van der Waals surface area contributed by atoms with Crippen molar-refractivity contribution < 1.29 is 23.1 Å². The molecule has 20 heavy (non-hydrogen) atoms. The number of carbonyl (C=O) groups is 1. The number of aliphatic hydroxyl groups is 1. The number of alkyl halides is 3. The van der Waals surface area contributed by atoms with Crippen molar-refractivity contribution in [2.45, 2.75) is 25.2 Å². The Bertz CT molecular complexity index is 588. The number of hydrogen-bond donors (Lipinski definition) is 1. The van der Waals surface area contributed by atoms with E-state index in [1.807, 2.05) is 0 Å². The molecule has 1 heterocycles. The molecule has 0 unspecified atom stereocenters. The van der Waals surface area contributed by atoms with Gasteiger partial charge < -0.3 is 5.11 Å². The van der Waals surface area contributed by atoms with Crippen LogP contribution in [-0.4, -0.2) is 33.6 Å². The largest absolute Gasteiger partial charge is 0.438 e. The normalized spacial score (nSPS) is 22.9. The molecule has 0 spiro atoms. The Labute approximate surface area is 121 Å². The van der Waals surface area contributed by atoms with Crippen molar-refractivity contribution in [3.05, 3.63) is 34.3 Å². The standard InChI is InChI=1S/C12H10BrF3N2O2/c1-7-6-11(20,12(14,15)16)18(17-7)10(19)8-3-2-4-9(13)5-8/h2-5,20H,6H2,1H3/t11-/m1/s1. The summed E-state index contributed by atoms with van der Waals surface area (Å²) >= 11 is 3.13. The molecule has 0 radical (unpaired) electrons. The van der Waals surface area contributed by atoms with Gasteiger partial charge in [0.15, 0.2) is 0 Å². The van der Waals surface area contributed by atoms with Gasteiger partial charge in [0.05, 0.1) is 0 Å². The predicted molar refractivity (Wildman–Crippen MR) is 69.0 cm³/mol. The number of rotatable bonds is 1. The quantitative estimate of drug-likeness (QED) is 0.846. The van der Waals surface area contributed by atoms with Crippen LogP contribution in [0.3, 0.4) is 0 Å². The van der Waals surface area contributed by atoms with Crippen LogP contribution in [0, 0.1) is 0 Å². The number of carbonyl (C=O) groups excluding carboxylic acids is 1. The Morgan fingerprint density at radius 2 is 2.15 bits per heavy atom. The van der Waals surface area contributed by atoms with Gasteiger partial charge in [0.2, 0.25) is 0 Å². The average molecular weight is 351 g/mol. The summed E-state index contributed by atoms with van der Waals surface area (Å²) in [6, 6.07) is 5.86. The summed E-state index contributed by atoms with van der Waals surface area (Å²) in [6.45, 7) is 1.32. The van der Waals surface area contributed by atoms with Gasteiger partial charge in [0.25, 0.3) is 11.6 Å². The molecule has 0 bridgehead atoms. The molecular weight excluding hydrogens is 341 g/mol. The lowest BCUT2D eigenvalue weighted by molar-refractivity contribution is -0.297. The Hall–Kier alpha value is -1.41. The molecule has 1 aliphatic heterocycles. The minimum atomic E-state index is -4.99. The van der Waals surface area contributed by atoms with E-state index < -0.39 is 24.2 Å². The second kappa shape index (κ2) is 4.85. The summed E-state index contributed by atoms with van der Waals surface area (Å²) < 4.78 is 39.5. The van der Waals surface area contributed by atoms with Crippen LogP contribution in [0.15, 0.2) is 33.8 Å². The zero-order valence-corrected chi connectivity index (χ0v) is 11.9. The molecule has 1 aromatic carbocycles. The third-order valence-corrected chi connectivity index (χ3v) is 3.33. The van der Waals surface area contributed by atoms with Crippen LogP contribution in [0.4, 0.5) is 13.2 Å². The molecule has 1 N–H and O–H groups in total. The van der Waals surface area contributed by atoms with Crippen LogP contribution >= 0.6 is 15.9 Å². The van der Waals surface area contributed by atoms with Crippen LogP contribution in [0.25, 0.3) is 0 Å². The van der Waals surface area contributed by atoms with Crippen molar-refractivity contribution in [1.82, 2.24) is 5.01 Å². The molecule has 108 valence electrons. The van der Waals surface area contributed by atoms with E-state index in [1.165, 1.54) is 25.1 Å². The number of hydrogen-bond acceptors (Lipinski definition) is 3. The van der Waals surface area contributed by atoms with Crippen molar-refractivity contribution in [1.29, 1.82) is 0 Å². The maximum Gasteiger partial charge on any atom is 0.438 e. The second-order valence-electron chi connectivity index (χ2n) is 4.45. The zero-order chi connectivity index (χ0) is 15.1. The molecule has 0 fully saturated rings. The van der Waals surface area contributed by atoms with Crippen molar-refractivity contribution in [3.63, 3.8) is 0 Å². The summed E-state index contributed by atoms with van der Waals surface area (Å²) in [4.78, 5) is 12.1. The molecule has 0 saturated carbocycles. The SMILES string of the molecule is CC1=NN(C(=O)c2cccc(Br)c2)[C@](O)(C(F)(F)F)C1. The predicted octanol–water partition coefficient (Wildman–Crippen LogP) is 2.92. The molecule has 1 amide bonds. The molecule has 1 aromatic rings. The number of nitrogens with zero attached hydrogens (tertiary/aromatic N) is 2. The second-order valence-corrected chi connectivity index (χ2v) is 5.37. The Kier molecular flexibility index (Phi) is 3.64. The molecule has 4 nitrogen and oxygen atoms in total. The summed E-state index contributed by atoms with van der Waals surface area (Å²) in [5.41, 5.74) is -3.26. The maximum atomic E-state index is 13.0. The van der Waals surface area contributed by atoms with Gasteiger partial charge in [0, 0.05) is 22.2 Å². The van der Waals surface area contributed by atoms with Crippen molar-refractivity contribution in [3.8, 4) is 0 Å². The molecule has 0 aromatic heterocycles. The molecule has 1 aliphatic rings. The van der Waals surface area contributed by atoms with Gasteiger partial charge in [-0.25, -0.2) is 0 Å². The Morgan fingerprint density at radius 3 is 2.70 bits per heavy atom. The van der Waals surface area contributed by atoms with Crippen LogP contribution in [0.2, 0.25) is 0 Å². The average Bonchev–Trinajstić information content (AvgIpc) is 2.64. The van der Waals surface area contributed by atoms with E-state index in [0.717, 1.165) is 0 Å². The van der Waals surface area contributed by atoms with E-state index in [2.05, 4.69) is 21.0 Å². The minimum absolute atomic E-state index is 0.000463. The number of halogens is 4. The van der Waals surface area contributed by atoms with Crippen molar-refractivity contribution in [2.24, 2.45) is 5.10 Å². The highest BCUT2D eigenvalue weighted by Crippen LogP contribution is 2.40. The first-order chi connectivity index (χ1) is 9.15. The molecule has 0 aliphatic carbocycles. The summed E-state index contributed by atoms with van der Waals surface area (Å²) in [6.07, 6.45) is -5.74. The van der Waals surface area contributed by atoms with Gasteiger partial charge in [-0.3, -0.25) is 4.79 Å². The first kappa shape index (κ1) is 15.0. The number of benzene rings is 1. The molecule has 8 heteroatoms. The highest BCUT2D eigenvalue weighted by molar-refractivity contribution is 9.10. The lowest BCUT2D eigenvalue weighted by Crippen LogP contribution is -2.56. The maximum absolute atomic E-state index is 13.0. The van der Waals surface area contributed by atoms with E-state index in [0.29, 0.717) is 4.47 Å². The first-order valence-electron chi connectivity index (χ1n) is 5.58. The van der Waals surface area contributed by atoms with Crippen LogP contribution in [0.1, 0.15) is 23.7 Å². The van der Waals surface area contributed by atoms with Crippen LogP contribution in [-0.2, 0) is 0 Å². The molecule has 2 rings (SSSR count). The lowest BCUT2D eigenvalue weighted by atomic mass is 10.1. The van der Waals surface area contributed by atoms with E-state index in [4.69, 9.17) is 0 Å². The Morgan fingerprint density at radius 1 is 1.50 bits per heavy atom. The highest BCUT2D eigenvalue weighted by Gasteiger charge is 2.62. The fourth-order valence-corrected chi connectivity index (χ4v) is 2.30. The van der Waals surface area contributed by atoms with Gasteiger partial charge in [-0.05, 0) is 25.1 Å². The Balaban J connectivity index is 2.42. The fraction of sp³-hybridized carbons (Fsp3) is 0.333. The molecular formula is C12H10BrF3N2O2. The van der Waals surface area contributed by atoms with E-state index >= 15 is 0 Å². The minimum Gasteiger partial charge on any atom is -0.362 e. The number of hydrazone groups is 1. The lowest BCUT2D eigenvalue weighted by Gasteiger charge is -2.32. The van der Waals surface area contributed by atoms with Gasteiger partial charge in [0.1, 0.15) is 0 Å². The summed E-state index contributed by atoms with van der Waals surface area (Å²) in [5, 5.41) is 13.4.